The predicted molar refractivity (Wildman–Crippen MR) is 203 cm³/mol. The van der Waals surface area contributed by atoms with E-state index in [2.05, 4.69) is 53.3 Å². The summed E-state index contributed by atoms with van der Waals surface area (Å²) in [5.74, 6) is 0.414. The molecule has 1 saturated heterocycles. The van der Waals surface area contributed by atoms with Gasteiger partial charge in [-0.05, 0) is 49.8 Å². The first-order valence-corrected chi connectivity index (χ1v) is 19.5. The number of ether oxygens (including phenoxy) is 1. The summed E-state index contributed by atoms with van der Waals surface area (Å²) in [6.07, 6.45) is 4.30. The first-order chi connectivity index (χ1) is 24.6. The first kappa shape index (κ1) is 38.1. The summed E-state index contributed by atoms with van der Waals surface area (Å²) in [5, 5.41) is 6.17. The van der Waals surface area contributed by atoms with Crippen LogP contribution in [0.5, 0.6) is 0 Å². The molecule has 272 valence electrons. The monoisotopic (exact) mass is 730 g/mol. The van der Waals surface area contributed by atoms with Crippen molar-refractivity contribution in [2.75, 3.05) is 33.7 Å². The Morgan fingerprint density at radius 3 is 2.33 bits per heavy atom. The zero-order valence-electron chi connectivity index (χ0n) is 30.1. The van der Waals surface area contributed by atoms with Gasteiger partial charge in [0.1, 0.15) is 12.6 Å². The van der Waals surface area contributed by atoms with Crippen LogP contribution in [-0.4, -0.2) is 88.4 Å². The largest absolute Gasteiger partial charge is 0.444 e. The van der Waals surface area contributed by atoms with Crippen molar-refractivity contribution < 1.29 is 19.1 Å². The molecule has 0 unspecified atom stereocenters. The molecule has 4 aromatic rings. The van der Waals surface area contributed by atoms with E-state index in [1.54, 1.807) is 39.9 Å². The minimum Gasteiger partial charge on any atom is -0.444 e. The average Bonchev–Trinajstić information content (AvgIpc) is 3.83. The minimum atomic E-state index is -0.543. The number of piperazine rings is 1. The van der Waals surface area contributed by atoms with Gasteiger partial charge >= 0.3 is 12.1 Å². The van der Waals surface area contributed by atoms with Crippen LogP contribution in [-0.2, 0) is 35.5 Å². The van der Waals surface area contributed by atoms with Crippen molar-refractivity contribution in [1.29, 1.82) is 0 Å². The summed E-state index contributed by atoms with van der Waals surface area (Å²) in [6.45, 7) is 6.48. The van der Waals surface area contributed by atoms with Gasteiger partial charge in [0.2, 0.25) is 0 Å². The molecule has 0 aliphatic carbocycles. The number of thiazole rings is 2. The first-order valence-electron chi connectivity index (χ1n) is 17.7. The quantitative estimate of drug-likeness (QED) is 0.132. The van der Waals surface area contributed by atoms with Crippen LogP contribution in [0.1, 0.15) is 65.7 Å². The van der Waals surface area contributed by atoms with Crippen LogP contribution in [0.25, 0.3) is 0 Å². The smallest absolute Gasteiger partial charge is 0.407 e. The van der Waals surface area contributed by atoms with Gasteiger partial charge in [-0.25, -0.2) is 14.6 Å². The number of carbonyl (C=O) groups excluding carboxylic acids is 3. The number of rotatable bonds is 16. The highest BCUT2D eigenvalue weighted by Gasteiger charge is 2.36. The molecule has 12 heteroatoms. The van der Waals surface area contributed by atoms with Gasteiger partial charge in [0.15, 0.2) is 5.78 Å². The van der Waals surface area contributed by atoms with E-state index in [4.69, 9.17) is 9.72 Å². The third kappa shape index (κ3) is 11.7. The van der Waals surface area contributed by atoms with Gasteiger partial charge in [-0.1, -0.05) is 74.5 Å². The molecule has 0 bridgehead atoms. The highest BCUT2D eigenvalue weighted by molar-refractivity contribution is 7.09. The summed E-state index contributed by atoms with van der Waals surface area (Å²) in [4.78, 5) is 56.3. The molecule has 1 aliphatic rings. The summed E-state index contributed by atoms with van der Waals surface area (Å²) in [5.41, 5.74) is 4.85. The van der Waals surface area contributed by atoms with Crippen LogP contribution >= 0.6 is 22.7 Å². The number of Topliss-reactive ketones (excluding diaryl/α,β-unsaturated/α-hetero) is 1. The molecular formula is C39H50N6O4S2. The summed E-state index contributed by atoms with van der Waals surface area (Å²) >= 11 is 3.06. The Kier molecular flexibility index (Phi) is 14.1. The second kappa shape index (κ2) is 18.9. The van der Waals surface area contributed by atoms with E-state index >= 15 is 0 Å². The molecular weight excluding hydrogens is 681 g/mol. The van der Waals surface area contributed by atoms with Crippen LogP contribution in [0.15, 0.2) is 77.8 Å². The van der Waals surface area contributed by atoms with Crippen LogP contribution < -0.4 is 5.32 Å². The number of benzene rings is 2. The molecule has 1 aliphatic heterocycles. The van der Waals surface area contributed by atoms with Gasteiger partial charge in [-0.3, -0.25) is 9.78 Å². The van der Waals surface area contributed by atoms with Crippen molar-refractivity contribution in [3.8, 4) is 0 Å². The van der Waals surface area contributed by atoms with Crippen molar-refractivity contribution in [3.63, 3.8) is 0 Å². The normalized spacial score (nSPS) is 16.1. The number of hydrogen-bond acceptors (Lipinski definition) is 9. The van der Waals surface area contributed by atoms with E-state index < -0.39 is 12.1 Å². The highest BCUT2D eigenvalue weighted by atomic mass is 32.1. The number of carbonyl (C=O) groups is 3. The standard InChI is InChI=1S/C39H50N6O4S2/c1-28(2)37-41-33(26-50-37)23-44(4)39(48)45-18-17-43(3)24-35(45)36(46)21-31(19-29-11-7-5-8-12-29)15-16-32(20-30-13-9-6-10-14-30)42-38(47)49-25-34-22-40-27-51-34/h5-14,22,26-28,31-32,35H,15-21,23-25H2,1-4H3,(H,42,47)/t31-,32+,35+/m1/s1. The Hall–Kier alpha value is -4.13. The molecule has 51 heavy (non-hydrogen) atoms. The number of ketones is 1. The summed E-state index contributed by atoms with van der Waals surface area (Å²) < 4.78 is 5.53. The molecule has 2 aromatic carbocycles. The molecule has 5 rings (SSSR count). The fourth-order valence-electron chi connectivity index (χ4n) is 6.48. The Labute approximate surface area is 309 Å². The highest BCUT2D eigenvalue weighted by Crippen LogP contribution is 2.25. The van der Waals surface area contributed by atoms with Crippen molar-refractivity contribution in [2.45, 2.75) is 77.1 Å². The van der Waals surface area contributed by atoms with E-state index in [1.807, 2.05) is 48.8 Å². The topological polar surface area (TPSA) is 108 Å². The molecule has 0 radical (unpaired) electrons. The number of hydrogen-bond donors (Lipinski definition) is 1. The molecule has 1 fully saturated rings. The number of nitrogens with one attached hydrogen (secondary N) is 1. The van der Waals surface area contributed by atoms with Crippen molar-refractivity contribution in [1.82, 2.24) is 30.0 Å². The molecule has 3 amide bonds. The van der Waals surface area contributed by atoms with Crippen LogP contribution in [0, 0.1) is 5.92 Å². The van der Waals surface area contributed by atoms with Gasteiger partial charge in [0.05, 0.1) is 27.6 Å². The number of likely N-dealkylation sites (N-methyl/N-ethyl adjacent to an activating group) is 1. The Balaban J connectivity index is 1.28. The van der Waals surface area contributed by atoms with Crippen molar-refractivity contribution in [2.24, 2.45) is 5.92 Å². The number of urea groups is 1. The third-order valence-corrected chi connectivity index (χ3v) is 11.2. The summed E-state index contributed by atoms with van der Waals surface area (Å²) in [7, 11) is 3.79. The molecule has 0 spiro atoms. The van der Waals surface area contributed by atoms with Crippen LogP contribution in [0.3, 0.4) is 0 Å². The van der Waals surface area contributed by atoms with Gasteiger partial charge in [-0.15, -0.1) is 22.7 Å². The zero-order valence-corrected chi connectivity index (χ0v) is 31.7. The number of amides is 3. The molecule has 3 atom stereocenters. The van der Waals surface area contributed by atoms with E-state index in [-0.39, 0.29) is 30.4 Å². The van der Waals surface area contributed by atoms with E-state index in [0.29, 0.717) is 57.8 Å². The van der Waals surface area contributed by atoms with E-state index in [0.717, 1.165) is 33.1 Å². The Bertz CT molecular complexity index is 1670. The van der Waals surface area contributed by atoms with Gasteiger partial charge in [-0.2, -0.15) is 0 Å². The summed E-state index contributed by atoms with van der Waals surface area (Å²) in [6, 6.07) is 19.4. The van der Waals surface area contributed by atoms with Crippen molar-refractivity contribution in [3.05, 3.63) is 104 Å². The Morgan fingerprint density at radius 1 is 0.980 bits per heavy atom. The second-order valence-corrected chi connectivity index (χ2v) is 15.7. The fourth-order valence-corrected chi connectivity index (χ4v) is 7.81. The van der Waals surface area contributed by atoms with Crippen LogP contribution in [0.4, 0.5) is 9.59 Å². The van der Waals surface area contributed by atoms with Gasteiger partial charge < -0.3 is 24.8 Å². The molecule has 2 aromatic heterocycles. The zero-order chi connectivity index (χ0) is 36.2. The Morgan fingerprint density at radius 2 is 1.69 bits per heavy atom. The lowest BCUT2D eigenvalue weighted by Crippen LogP contribution is -2.59. The predicted octanol–water partition coefficient (Wildman–Crippen LogP) is 7.03. The maximum absolute atomic E-state index is 14.3. The third-order valence-electron chi connectivity index (χ3n) is 9.25. The lowest BCUT2D eigenvalue weighted by Gasteiger charge is -2.41. The minimum absolute atomic E-state index is 0.0135. The molecule has 3 heterocycles. The molecule has 1 N–H and O–H groups in total. The van der Waals surface area contributed by atoms with Crippen LogP contribution in [0.2, 0.25) is 0 Å². The number of alkyl carbamates (subject to hydrolysis) is 1. The van der Waals surface area contributed by atoms with Gasteiger partial charge in [0, 0.05) is 56.6 Å². The average molecular weight is 731 g/mol. The lowest BCUT2D eigenvalue weighted by molar-refractivity contribution is -0.126. The van der Waals surface area contributed by atoms with Gasteiger partial charge in [0.25, 0.3) is 0 Å². The maximum Gasteiger partial charge on any atom is 0.407 e. The van der Waals surface area contributed by atoms with Crippen molar-refractivity contribution >= 4 is 40.6 Å². The number of aromatic nitrogens is 2. The molecule has 10 nitrogen and oxygen atoms in total. The number of nitrogens with zero attached hydrogens (tertiary/aromatic N) is 5. The van der Waals surface area contributed by atoms with E-state index in [1.165, 1.54) is 11.3 Å². The maximum atomic E-state index is 14.3. The fraction of sp³-hybridized carbons (Fsp3) is 0.462. The lowest BCUT2D eigenvalue weighted by atomic mass is 9.86. The molecule has 0 saturated carbocycles. The van der Waals surface area contributed by atoms with E-state index in [9.17, 15) is 14.4 Å². The second-order valence-electron chi connectivity index (χ2n) is 13.8. The SMILES string of the molecule is CC(C)c1nc(CN(C)C(=O)N2CCN(C)C[C@H]2C(=O)C[C@H](CC[C@@H](Cc2ccccc2)NC(=O)OCc2cncs2)Cc2ccccc2)cs1.